The van der Waals surface area contributed by atoms with Crippen LogP contribution in [0.5, 0.6) is 0 Å². The van der Waals surface area contributed by atoms with Crippen LogP contribution in [0.3, 0.4) is 0 Å². The van der Waals surface area contributed by atoms with E-state index in [4.69, 9.17) is 10.8 Å². The molecular formula is C28H38N5O7SY-. The molecule has 5 N–H and O–H groups in total. The van der Waals surface area contributed by atoms with Gasteiger partial charge >= 0.3 is 5.97 Å². The molecule has 1 aromatic heterocycles. The molecule has 0 atom stereocenters. The number of aromatic nitrogens is 1. The Morgan fingerprint density at radius 2 is 1.76 bits per heavy atom. The van der Waals surface area contributed by atoms with Crippen molar-refractivity contribution in [2.75, 3.05) is 25.6 Å². The van der Waals surface area contributed by atoms with Gasteiger partial charge in [0.05, 0.1) is 13.7 Å². The van der Waals surface area contributed by atoms with Crippen molar-refractivity contribution in [3.63, 3.8) is 0 Å². The minimum Gasteiger partial charge on any atom is -0.668 e. The third-order valence-electron chi connectivity index (χ3n) is 5.56. The number of amides is 4. The molecule has 1 heterocycles. The fourth-order valence-corrected chi connectivity index (χ4v) is 3.76. The molecule has 0 aliphatic heterocycles. The molecule has 2 rings (SSSR count). The smallest absolute Gasteiger partial charge is 0.353 e. The first-order valence-corrected chi connectivity index (χ1v) is 13.7. The number of rotatable bonds is 13. The molecule has 0 aliphatic rings. The summed E-state index contributed by atoms with van der Waals surface area (Å²) in [5, 5.41) is 18.7. The number of nitrogens with one attached hydrogen (secondary N) is 4. The quantitative estimate of drug-likeness (QED) is 0.183. The van der Waals surface area contributed by atoms with Crippen molar-refractivity contribution in [1.82, 2.24) is 15.6 Å². The van der Waals surface area contributed by atoms with Crippen molar-refractivity contribution in [2.45, 2.75) is 47.0 Å². The van der Waals surface area contributed by atoms with Gasteiger partial charge in [0.25, 0.3) is 5.91 Å². The molecule has 1 radical (unpaired) electrons. The number of aliphatic hydroxyl groups excluding tert-OH is 1. The second-order valence-electron chi connectivity index (χ2n) is 9.98. The van der Waals surface area contributed by atoms with Crippen LogP contribution in [0.4, 0.5) is 5.69 Å². The number of ether oxygens (including phenoxy) is 1. The van der Waals surface area contributed by atoms with Gasteiger partial charge in [-0.3, -0.25) is 14.4 Å². The summed E-state index contributed by atoms with van der Waals surface area (Å²) in [6.45, 7) is 10.5. The zero-order valence-corrected chi connectivity index (χ0v) is 28.2. The summed E-state index contributed by atoms with van der Waals surface area (Å²) in [5.74, 6) is -2.06. The Bertz CT molecular complexity index is 1230. The Morgan fingerprint density at radius 1 is 1.14 bits per heavy atom. The normalized spacial score (nSPS) is 10.4. The molecule has 0 aliphatic carbocycles. The molecule has 0 fully saturated rings. The number of hydrogen-bond acceptors (Lipinski definition) is 9. The fraction of sp³-hybridized carbons (Fsp3) is 0.429. The Hall–Kier alpha value is -3.00. The van der Waals surface area contributed by atoms with Crippen molar-refractivity contribution < 1.29 is 66.5 Å². The maximum Gasteiger partial charge on any atom is 0.353 e. The maximum absolute atomic E-state index is 12.3. The number of carbonyl (C=O) groups excluding carboxylic acids is 5. The van der Waals surface area contributed by atoms with Gasteiger partial charge in [-0.25, -0.2) is 9.78 Å². The SMILES string of the molecule is C=C(NC(=O)CNC(=O)c1csc(-c2ccc(NC(=O)C(C)(C)CCO)cc2)n1)C(=O)OC.CC(C)CCC([NH-])=O.[Y]. The molecule has 1 aromatic carbocycles. The Morgan fingerprint density at radius 3 is 2.26 bits per heavy atom. The minimum atomic E-state index is -0.779. The van der Waals surface area contributed by atoms with Crippen LogP contribution < -0.4 is 16.0 Å². The monoisotopic (exact) mass is 677 g/mol. The molecular weight excluding hydrogens is 639 g/mol. The van der Waals surface area contributed by atoms with Gasteiger partial charge in [0, 0.05) is 67.3 Å². The summed E-state index contributed by atoms with van der Waals surface area (Å²) in [7, 11) is 1.16. The second-order valence-corrected chi connectivity index (χ2v) is 10.8. The number of benzene rings is 1. The van der Waals surface area contributed by atoms with Gasteiger partial charge in [0.15, 0.2) is 0 Å². The molecule has 4 amide bonds. The van der Waals surface area contributed by atoms with Crippen LogP contribution in [0.15, 0.2) is 41.9 Å². The van der Waals surface area contributed by atoms with E-state index in [1.54, 1.807) is 43.5 Å². The summed E-state index contributed by atoms with van der Waals surface area (Å²) in [6, 6.07) is 6.98. The number of carbonyl (C=O) groups is 5. The Balaban J connectivity index is 0.00000163. The summed E-state index contributed by atoms with van der Waals surface area (Å²) < 4.78 is 4.42. The van der Waals surface area contributed by atoms with Crippen molar-refractivity contribution in [1.29, 1.82) is 0 Å². The molecule has 0 unspecified atom stereocenters. The molecule has 42 heavy (non-hydrogen) atoms. The van der Waals surface area contributed by atoms with Crippen molar-refractivity contribution in [3.05, 3.63) is 53.3 Å². The van der Waals surface area contributed by atoms with E-state index in [-0.39, 0.29) is 63.2 Å². The third kappa shape index (κ3) is 14.3. The average Bonchev–Trinajstić information content (AvgIpc) is 3.41. The number of nitrogens with zero attached hydrogens (tertiary/aromatic N) is 1. The van der Waals surface area contributed by atoms with Gasteiger partial charge in [-0.05, 0) is 49.4 Å². The van der Waals surface area contributed by atoms with Crippen LogP contribution >= 0.6 is 11.3 Å². The van der Waals surface area contributed by atoms with Crippen molar-refractivity contribution in [2.24, 2.45) is 11.3 Å². The number of thiazole rings is 1. The van der Waals surface area contributed by atoms with Gasteiger partial charge in [-0.1, -0.05) is 34.3 Å². The molecule has 0 spiro atoms. The summed E-state index contributed by atoms with van der Waals surface area (Å²) in [4.78, 5) is 61.9. The molecule has 0 bridgehead atoms. The molecule has 14 heteroatoms. The zero-order valence-electron chi connectivity index (χ0n) is 24.5. The van der Waals surface area contributed by atoms with Gasteiger partial charge in [-0.15, -0.1) is 11.3 Å². The summed E-state index contributed by atoms with van der Waals surface area (Å²) >= 11 is 1.25. The van der Waals surface area contributed by atoms with E-state index in [1.807, 2.05) is 13.8 Å². The van der Waals surface area contributed by atoms with Gasteiger partial charge < -0.3 is 36.3 Å². The van der Waals surface area contributed by atoms with Gasteiger partial charge in [-0.2, -0.15) is 0 Å². The first kappa shape index (κ1) is 39.0. The minimum absolute atomic E-state index is 0. The van der Waals surface area contributed by atoms with E-state index in [0.29, 0.717) is 29.5 Å². The number of aliphatic hydroxyl groups is 1. The maximum atomic E-state index is 12.3. The van der Waals surface area contributed by atoms with E-state index >= 15 is 0 Å². The standard InChI is InChI=1S/C22H26N4O6S.C6H13NO.Y/c1-13(20(30)32-4)24-17(28)11-23-18(29)16-12-33-19(26-16)14-5-7-15(8-6-14)25-21(31)22(2,3)9-10-27;1-5(2)3-4-6(7)8;/h5-8,12,27H,1,9-11H2,2-4H3,(H,23,29)(H,24,28)(H,25,31);5H,3-4H2,1-2H3,(H2,7,8);/p-1. The predicted molar refractivity (Wildman–Crippen MR) is 157 cm³/mol. The van der Waals surface area contributed by atoms with E-state index in [0.717, 1.165) is 19.1 Å². The van der Waals surface area contributed by atoms with Crippen LogP contribution in [0.1, 0.15) is 57.4 Å². The second kappa shape index (κ2) is 19.2. The van der Waals surface area contributed by atoms with Crippen LogP contribution in [0.25, 0.3) is 16.3 Å². The predicted octanol–water partition coefficient (Wildman–Crippen LogP) is 3.69. The van der Waals surface area contributed by atoms with E-state index in [9.17, 15) is 24.0 Å². The molecule has 12 nitrogen and oxygen atoms in total. The first-order chi connectivity index (χ1) is 19.2. The summed E-state index contributed by atoms with van der Waals surface area (Å²) in [6.07, 6.45) is 1.61. The van der Waals surface area contributed by atoms with Crippen LogP contribution in [0, 0.1) is 11.3 Å². The van der Waals surface area contributed by atoms with Crippen LogP contribution in [-0.2, 0) is 56.6 Å². The van der Waals surface area contributed by atoms with E-state index in [1.165, 1.54) is 11.3 Å². The fourth-order valence-electron chi connectivity index (χ4n) is 2.96. The first-order valence-electron chi connectivity index (χ1n) is 12.8. The largest absolute Gasteiger partial charge is 0.668 e. The Kier molecular flexibility index (Phi) is 17.9. The zero-order chi connectivity index (χ0) is 31.2. The van der Waals surface area contributed by atoms with Crippen molar-refractivity contribution in [3.8, 4) is 10.6 Å². The van der Waals surface area contributed by atoms with Gasteiger partial charge in [0.1, 0.15) is 16.4 Å². The van der Waals surface area contributed by atoms with Crippen LogP contribution in [0.2, 0.25) is 0 Å². The number of hydrogen-bond donors (Lipinski definition) is 4. The third-order valence-corrected chi connectivity index (χ3v) is 6.45. The van der Waals surface area contributed by atoms with Gasteiger partial charge in [0.2, 0.25) is 11.8 Å². The van der Waals surface area contributed by atoms with Crippen LogP contribution in [-0.4, -0.2) is 59.9 Å². The number of esters is 1. The number of methoxy groups -OCH3 is 1. The molecule has 0 saturated carbocycles. The molecule has 0 saturated heterocycles. The molecule has 2 aromatic rings. The topological polar surface area (TPSA) is 188 Å². The molecule has 227 valence electrons. The van der Waals surface area contributed by atoms with Crippen molar-refractivity contribution >= 4 is 46.6 Å². The number of anilines is 1. The summed E-state index contributed by atoms with van der Waals surface area (Å²) in [5.41, 5.74) is 7.09. The van der Waals surface area contributed by atoms with E-state index < -0.39 is 29.1 Å². The van der Waals surface area contributed by atoms with E-state index in [2.05, 4.69) is 32.3 Å². The average molecular weight is 678 g/mol. The Labute approximate surface area is 275 Å².